The average Bonchev–Trinajstić information content (AvgIpc) is 3.10. The lowest BCUT2D eigenvalue weighted by molar-refractivity contribution is -0.139. The highest BCUT2D eigenvalue weighted by Gasteiger charge is 2.29. The van der Waals surface area contributed by atoms with Crippen molar-refractivity contribution in [1.29, 1.82) is 0 Å². The van der Waals surface area contributed by atoms with Gasteiger partial charge in [-0.25, -0.2) is 9.59 Å². The molecule has 5 nitrogen and oxygen atoms in total. The number of unbranched alkanes of at least 4 members (excludes halogenated alkanes) is 6. The van der Waals surface area contributed by atoms with Crippen LogP contribution in [0.3, 0.4) is 0 Å². The van der Waals surface area contributed by atoms with E-state index >= 15 is 0 Å². The van der Waals surface area contributed by atoms with E-state index in [0.717, 1.165) is 41.5 Å². The second kappa shape index (κ2) is 11.5. The number of amides is 1. The van der Waals surface area contributed by atoms with Crippen LogP contribution in [-0.4, -0.2) is 29.8 Å². The molecule has 0 radical (unpaired) electrons. The first kappa shape index (κ1) is 22.9. The number of carboxylic acid groups (broad SMARTS) is 1. The lowest BCUT2D eigenvalue weighted by Crippen LogP contribution is -2.41. The molecule has 1 atom stereocenters. The third kappa shape index (κ3) is 6.09. The summed E-state index contributed by atoms with van der Waals surface area (Å²) in [7, 11) is 0. The minimum absolute atomic E-state index is 0.0375. The maximum Gasteiger partial charge on any atom is 0.407 e. The van der Waals surface area contributed by atoms with Crippen molar-refractivity contribution < 1.29 is 19.4 Å². The van der Waals surface area contributed by atoms with Crippen molar-refractivity contribution in [3.8, 4) is 11.1 Å². The third-order valence-corrected chi connectivity index (χ3v) is 6.03. The number of carbonyl (C=O) groups excluding carboxylic acids is 1. The van der Waals surface area contributed by atoms with Gasteiger partial charge in [0.25, 0.3) is 0 Å². The van der Waals surface area contributed by atoms with E-state index in [-0.39, 0.29) is 12.5 Å². The Bertz CT molecular complexity index is 834. The molecule has 0 saturated carbocycles. The number of rotatable bonds is 12. The summed E-state index contributed by atoms with van der Waals surface area (Å²) in [6.07, 6.45) is 7.52. The summed E-state index contributed by atoms with van der Waals surface area (Å²) in [4.78, 5) is 23.9. The smallest absolute Gasteiger partial charge is 0.407 e. The van der Waals surface area contributed by atoms with Gasteiger partial charge in [-0.2, -0.15) is 0 Å². The second-order valence-electron chi connectivity index (χ2n) is 8.27. The summed E-state index contributed by atoms with van der Waals surface area (Å²) >= 11 is 0. The van der Waals surface area contributed by atoms with Gasteiger partial charge in [0.2, 0.25) is 0 Å². The normalized spacial score (nSPS) is 13.3. The van der Waals surface area contributed by atoms with Crippen molar-refractivity contribution in [3.05, 3.63) is 59.7 Å². The fourth-order valence-electron chi connectivity index (χ4n) is 4.35. The predicted octanol–water partition coefficient (Wildman–Crippen LogP) is 6.12. The quantitative estimate of drug-likeness (QED) is 0.403. The van der Waals surface area contributed by atoms with Crippen LogP contribution in [0.5, 0.6) is 0 Å². The van der Waals surface area contributed by atoms with Gasteiger partial charge in [-0.1, -0.05) is 100 Å². The van der Waals surface area contributed by atoms with E-state index in [1.54, 1.807) is 0 Å². The fraction of sp³-hybridized carbons (Fsp3) is 0.462. The van der Waals surface area contributed by atoms with E-state index in [1.165, 1.54) is 25.7 Å². The highest BCUT2D eigenvalue weighted by molar-refractivity contribution is 5.81. The molecule has 5 heteroatoms. The van der Waals surface area contributed by atoms with Gasteiger partial charge in [-0.3, -0.25) is 0 Å². The molecule has 1 aliphatic carbocycles. The van der Waals surface area contributed by atoms with Crippen molar-refractivity contribution in [2.75, 3.05) is 6.61 Å². The van der Waals surface area contributed by atoms with Gasteiger partial charge in [-0.05, 0) is 28.7 Å². The van der Waals surface area contributed by atoms with Crippen LogP contribution in [-0.2, 0) is 9.53 Å². The first-order valence-electron chi connectivity index (χ1n) is 11.5. The number of carbonyl (C=O) groups is 2. The van der Waals surface area contributed by atoms with Gasteiger partial charge in [0.15, 0.2) is 0 Å². The Balaban J connectivity index is 1.49. The highest BCUT2D eigenvalue weighted by atomic mass is 16.5. The van der Waals surface area contributed by atoms with Gasteiger partial charge in [0.1, 0.15) is 12.6 Å². The zero-order valence-electron chi connectivity index (χ0n) is 18.3. The molecule has 31 heavy (non-hydrogen) atoms. The van der Waals surface area contributed by atoms with E-state index in [2.05, 4.69) is 36.5 Å². The third-order valence-electron chi connectivity index (χ3n) is 6.03. The summed E-state index contributed by atoms with van der Waals surface area (Å²) < 4.78 is 5.48. The molecular weight excluding hydrogens is 390 g/mol. The number of carboxylic acids is 1. The lowest BCUT2D eigenvalue weighted by atomic mass is 9.98. The molecule has 1 aliphatic rings. The monoisotopic (exact) mass is 423 g/mol. The van der Waals surface area contributed by atoms with Crippen LogP contribution >= 0.6 is 0 Å². The molecule has 0 spiro atoms. The topological polar surface area (TPSA) is 75.6 Å². The summed E-state index contributed by atoms with van der Waals surface area (Å²) in [6.45, 7) is 2.37. The van der Waals surface area contributed by atoms with Crippen LogP contribution in [0.2, 0.25) is 0 Å². The van der Waals surface area contributed by atoms with Gasteiger partial charge < -0.3 is 15.2 Å². The zero-order valence-corrected chi connectivity index (χ0v) is 18.3. The van der Waals surface area contributed by atoms with Crippen molar-refractivity contribution in [3.63, 3.8) is 0 Å². The maximum atomic E-state index is 12.3. The Morgan fingerprint density at radius 3 is 2.03 bits per heavy atom. The number of alkyl carbamates (subject to hydrolysis) is 1. The van der Waals surface area contributed by atoms with Gasteiger partial charge >= 0.3 is 12.1 Å². The summed E-state index contributed by atoms with van der Waals surface area (Å²) in [6, 6.07) is 15.4. The number of ether oxygens (including phenoxy) is 1. The van der Waals surface area contributed by atoms with Crippen LogP contribution in [0, 0.1) is 0 Å². The molecule has 0 saturated heterocycles. The van der Waals surface area contributed by atoms with E-state index in [9.17, 15) is 14.7 Å². The molecule has 166 valence electrons. The van der Waals surface area contributed by atoms with Gasteiger partial charge in [0, 0.05) is 5.92 Å². The van der Waals surface area contributed by atoms with E-state index in [0.29, 0.717) is 6.42 Å². The minimum atomic E-state index is -1.01. The van der Waals surface area contributed by atoms with Crippen molar-refractivity contribution >= 4 is 12.1 Å². The van der Waals surface area contributed by atoms with Crippen LogP contribution in [0.1, 0.15) is 75.3 Å². The summed E-state index contributed by atoms with van der Waals surface area (Å²) in [5.74, 6) is -1.05. The van der Waals surface area contributed by atoms with Crippen LogP contribution < -0.4 is 5.32 Å². The molecule has 0 unspecified atom stereocenters. The Kier molecular flexibility index (Phi) is 8.51. The Morgan fingerprint density at radius 1 is 0.903 bits per heavy atom. The molecule has 0 bridgehead atoms. The molecule has 0 aliphatic heterocycles. The predicted molar refractivity (Wildman–Crippen MR) is 122 cm³/mol. The standard InChI is InChI=1S/C26H33NO4/c1-2-3-4-5-6-7-8-17-24(25(28)29)27-26(30)31-18-23-21-15-11-9-13-19(21)20-14-10-12-16-22(20)23/h9-16,23-24H,2-8,17-18H2,1H3,(H,27,30)(H,28,29)/t24-/m0/s1. The number of benzene rings is 2. The van der Waals surface area contributed by atoms with Crippen molar-refractivity contribution in [1.82, 2.24) is 5.32 Å². The SMILES string of the molecule is CCCCCCCCC[C@H](NC(=O)OCC1c2ccccc2-c2ccccc21)C(=O)O. The molecule has 0 fully saturated rings. The van der Waals surface area contributed by atoms with E-state index in [4.69, 9.17) is 4.74 Å². The molecule has 2 aromatic carbocycles. The summed E-state index contributed by atoms with van der Waals surface area (Å²) in [5, 5.41) is 12.0. The molecular formula is C26H33NO4. The second-order valence-corrected chi connectivity index (χ2v) is 8.27. The fourth-order valence-corrected chi connectivity index (χ4v) is 4.35. The van der Waals surface area contributed by atoms with E-state index < -0.39 is 18.1 Å². The van der Waals surface area contributed by atoms with Crippen LogP contribution in [0.25, 0.3) is 11.1 Å². The molecule has 2 N–H and O–H groups in total. The van der Waals surface area contributed by atoms with E-state index in [1.807, 2.05) is 24.3 Å². The van der Waals surface area contributed by atoms with Gasteiger partial charge in [-0.15, -0.1) is 0 Å². The molecule has 2 aromatic rings. The number of fused-ring (bicyclic) bond motifs is 3. The zero-order chi connectivity index (χ0) is 22.1. The van der Waals surface area contributed by atoms with Crippen molar-refractivity contribution in [2.24, 2.45) is 0 Å². The molecule has 0 heterocycles. The van der Waals surface area contributed by atoms with Crippen molar-refractivity contribution in [2.45, 2.75) is 70.3 Å². The molecule has 1 amide bonds. The van der Waals surface area contributed by atoms with Crippen LogP contribution in [0.15, 0.2) is 48.5 Å². The largest absolute Gasteiger partial charge is 0.480 e. The molecule has 3 rings (SSSR count). The highest BCUT2D eigenvalue weighted by Crippen LogP contribution is 2.44. The summed E-state index contributed by atoms with van der Waals surface area (Å²) in [5.41, 5.74) is 4.59. The number of hydrogen-bond acceptors (Lipinski definition) is 3. The number of aliphatic carboxylic acids is 1. The van der Waals surface area contributed by atoms with Crippen LogP contribution in [0.4, 0.5) is 4.79 Å². The Hall–Kier alpha value is -2.82. The average molecular weight is 424 g/mol. The van der Waals surface area contributed by atoms with Gasteiger partial charge in [0.05, 0.1) is 0 Å². The minimum Gasteiger partial charge on any atom is -0.480 e. The lowest BCUT2D eigenvalue weighted by Gasteiger charge is -2.17. The number of hydrogen-bond donors (Lipinski definition) is 2. The number of nitrogens with one attached hydrogen (secondary N) is 1. The molecule has 0 aromatic heterocycles. The maximum absolute atomic E-state index is 12.3. The Labute approximate surface area is 184 Å². The first-order valence-corrected chi connectivity index (χ1v) is 11.5. The Morgan fingerprint density at radius 2 is 1.45 bits per heavy atom. The first-order chi connectivity index (χ1) is 15.1.